The van der Waals surface area contributed by atoms with Gasteiger partial charge in [0, 0.05) is 27.9 Å². The first-order valence-electron chi connectivity index (χ1n) is 20.9. The molecule has 0 spiro atoms. The number of fused-ring (bicyclic) bond motifs is 11. The molecule has 0 radical (unpaired) electrons. The van der Waals surface area contributed by atoms with Crippen LogP contribution in [0, 0.1) is 0 Å². The van der Waals surface area contributed by atoms with E-state index in [9.17, 15) is 0 Å². The lowest BCUT2D eigenvalue weighted by Crippen LogP contribution is -2.23. The molecule has 59 heavy (non-hydrogen) atoms. The molecule has 0 saturated heterocycles. The monoisotopic (exact) mass is 753 g/mol. The van der Waals surface area contributed by atoms with Crippen molar-refractivity contribution >= 4 is 60.2 Å². The van der Waals surface area contributed by atoms with Gasteiger partial charge in [-0.15, -0.1) is 0 Å². The molecule has 0 N–H and O–H groups in total. The first kappa shape index (κ1) is 34.1. The molecule has 10 aromatic carbocycles. The highest BCUT2D eigenvalue weighted by Crippen LogP contribution is 2.53. The van der Waals surface area contributed by atoms with Crippen molar-refractivity contribution in [2.45, 2.75) is 38.5 Å². The van der Waals surface area contributed by atoms with Gasteiger partial charge in [0.1, 0.15) is 0 Å². The van der Waals surface area contributed by atoms with Crippen molar-refractivity contribution in [2.75, 3.05) is 4.90 Å². The zero-order chi connectivity index (χ0) is 39.6. The molecular formula is C58H43N. The second kappa shape index (κ2) is 12.3. The van der Waals surface area contributed by atoms with E-state index in [0.717, 1.165) is 17.1 Å². The van der Waals surface area contributed by atoms with E-state index < -0.39 is 0 Å². The Morgan fingerprint density at radius 2 is 0.814 bits per heavy atom. The molecule has 280 valence electrons. The largest absolute Gasteiger partial charge is 0.310 e. The minimum Gasteiger partial charge on any atom is -0.310 e. The van der Waals surface area contributed by atoms with Crippen LogP contribution >= 0.6 is 0 Å². The summed E-state index contributed by atoms with van der Waals surface area (Å²) in [5.74, 6) is 0. The third-order valence-electron chi connectivity index (χ3n) is 13.8. The van der Waals surface area contributed by atoms with Crippen molar-refractivity contribution in [1.29, 1.82) is 0 Å². The number of rotatable bonds is 4. The van der Waals surface area contributed by atoms with Gasteiger partial charge in [-0.25, -0.2) is 0 Å². The van der Waals surface area contributed by atoms with E-state index in [2.05, 4.69) is 221 Å². The highest BCUT2D eigenvalue weighted by molar-refractivity contribution is 6.26. The molecule has 0 amide bonds. The summed E-state index contributed by atoms with van der Waals surface area (Å²) in [6.45, 7) is 9.48. The van der Waals surface area contributed by atoms with Crippen molar-refractivity contribution in [1.82, 2.24) is 0 Å². The normalized spacial score (nSPS) is 14.4. The Bertz CT molecular complexity index is 3350. The summed E-state index contributed by atoms with van der Waals surface area (Å²) in [6.07, 6.45) is 0. The van der Waals surface area contributed by atoms with E-state index in [-0.39, 0.29) is 10.8 Å². The van der Waals surface area contributed by atoms with Gasteiger partial charge in [-0.1, -0.05) is 179 Å². The van der Waals surface area contributed by atoms with E-state index in [0.29, 0.717) is 0 Å². The fourth-order valence-corrected chi connectivity index (χ4v) is 10.9. The first-order chi connectivity index (χ1) is 28.8. The number of hydrogen-bond acceptors (Lipinski definition) is 1. The highest BCUT2D eigenvalue weighted by Gasteiger charge is 2.36. The maximum absolute atomic E-state index is 2.47. The van der Waals surface area contributed by atoms with Crippen LogP contribution in [0.4, 0.5) is 17.1 Å². The van der Waals surface area contributed by atoms with Gasteiger partial charge in [-0.05, 0) is 135 Å². The summed E-state index contributed by atoms with van der Waals surface area (Å²) in [7, 11) is 0. The Hall–Kier alpha value is -6.96. The lowest BCUT2D eigenvalue weighted by atomic mass is 9.67. The fraction of sp³-hybridized carbons (Fsp3) is 0.103. The molecule has 0 heterocycles. The average molecular weight is 754 g/mol. The van der Waals surface area contributed by atoms with Gasteiger partial charge in [0.15, 0.2) is 0 Å². The molecule has 1 nitrogen and oxygen atoms in total. The molecule has 0 aliphatic heterocycles. The molecule has 0 unspecified atom stereocenters. The van der Waals surface area contributed by atoms with Crippen LogP contribution in [0.1, 0.15) is 49.9 Å². The number of benzene rings is 10. The van der Waals surface area contributed by atoms with Gasteiger partial charge >= 0.3 is 0 Å². The molecule has 0 fully saturated rings. The molecule has 10 aromatic rings. The SMILES string of the molecule is CC1(C)c2ccccc2-c2ccc(N(c3ccc(-c4ccc5cccc6c5c4-c4ccccc4C6(C)C)cc3)c3ccc4c5ccccc5c5ccccc5c4c3)cc21. The number of anilines is 3. The van der Waals surface area contributed by atoms with Gasteiger partial charge in [0.2, 0.25) is 0 Å². The molecule has 1 heteroatoms. The van der Waals surface area contributed by atoms with Crippen LogP contribution in [0.15, 0.2) is 188 Å². The van der Waals surface area contributed by atoms with E-state index in [4.69, 9.17) is 0 Å². The fourth-order valence-electron chi connectivity index (χ4n) is 10.9. The van der Waals surface area contributed by atoms with E-state index >= 15 is 0 Å². The van der Waals surface area contributed by atoms with Gasteiger partial charge in [0.05, 0.1) is 0 Å². The maximum atomic E-state index is 2.47. The van der Waals surface area contributed by atoms with Gasteiger partial charge < -0.3 is 4.90 Å². The second-order valence-electron chi connectivity index (χ2n) is 17.7. The van der Waals surface area contributed by atoms with Gasteiger partial charge in [0.25, 0.3) is 0 Å². The number of hydrogen-bond donors (Lipinski definition) is 0. The third kappa shape index (κ3) is 4.79. The standard InChI is InChI=1S/C58H43N/c1-57(2)52-22-12-10-20-49(52)56-41(31-26-37-14-13-23-53(57)55(37)56)36-24-27-38(28-25-36)59(40-30-33-48-47-19-9-11-21-51(47)58(3,4)54(48)35-40)39-29-32-46-44-17-6-5-15-42(44)43-16-7-8-18-45(43)50(46)34-39/h5-35H,1-4H3. The van der Waals surface area contributed by atoms with Crippen molar-refractivity contribution in [3.8, 4) is 33.4 Å². The van der Waals surface area contributed by atoms with E-state index in [1.807, 2.05) is 0 Å². The summed E-state index contributed by atoms with van der Waals surface area (Å²) in [6, 6.07) is 70.6. The third-order valence-corrected chi connectivity index (χ3v) is 13.8. The zero-order valence-electron chi connectivity index (χ0n) is 33.8. The molecule has 12 rings (SSSR count). The van der Waals surface area contributed by atoms with Crippen molar-refractivity contribution < 1.29 is 0 Å². The van der Waals surface area contributed by atoms with Crippen LogP contribution in [0.25, 0.3) is 76.5 Å². The lowest BCUT2D eigenvalue weighted by molar-refractivity contribution is 0.645. The lowest BCUT2D eigenvalue weighted by Gasteiger charge is -2.36. The summed E-state index contributed by atoms with van der Waals surface area (Å²) >= 11 is 0. The van der Waals surface area contributed by atoms with Crippen LogP contribution in [0.2, 0.25) is 0 Å². The predicted octanol–water partition coefficient (Wildman–Crippen LogP) is 16.0. The molecular weight excluding hydrogens is 711 g/mol. The quantitative estimate of drug-likeness (QED) is 0.162. The van der Waals surface area contributed by atoms with E-state index in [1.54, 1.807) is 0 Å². The molecule has 2 aliphatic carbocycles. The summed E-state index contributed by atoms with van der Waals surface area (Å²) in [4.78, 5) is 2.47. The second-order valence-corrected chi connectivity index (χ2v) is 17.7. The Morgan fingerprint density at radius 1 is 0.322 bits per heavy atom. The molecule has 0 atom stereocenters. The summed E-state index contributed by atoms with van der Waals surface area (Å²) in [5, 5.41) is 10.3. The van der Waals surface area contributed by atoms with Crippen LogP contribution in [0.3, 0.4) is 0 Å². The smallest absolute Gasteiger partial charge is 0.0468 e. The van der Waals surface area contributed by atoms with Crippen LogP contribution < -0.4 is 4.90 Å². The van der Waals surface area contributed by atoms with Crippen molar-refractivity contribution in [3.05, 3.63) is 210 Å². The Kier molecular flexibility index (Phi) is 7.10. The van der Waals surface area contributed by atoms with Gasteiger partial charge in [-0.3, -0.25) is 0 Å². The highest BCUT2D eigenvalue weighted by atomic mass is 15.1. The maximum Gasteiger partial charge on any atom is 0.0468 e. The molecule has 0 bridgehead atoms. The molecule has 0 aromatic heterocycles. The molecule has 2 aliphatic rings. The van der Waals surface area contributed by atoms with Crippen LogP contribution in [0.5, 0.6) is 0 Å². The van der Waals surface area contributed by atoms with Crippen LogP contribution in [-0.2, 0) is 10.8 Å². The Balaban J connectivity index is 1.07. The van der Waals surface area contributed by atoms with Crippen LogP contribution in [-0.4, -0.2) is 0 Å². The minimum atomic E-state index is -0.114. The van der Waals surface area contributed by atoms with Gasteiger partial charge in [-0.2, -0.15) is 0 Å². The van der Waals surface area contributed by atoms with Crippen molar-refractivity contribution in [3.63, 3.8) is 0 Å². The average Bonchev–Trinajstić information content (AvgIpc) is 3.51. The van der Waals surface area contributed by atoms with Crippen molar-refractivity contribution in [2.24, 2.45) is 0 Å². The summed E-state index contributed by atoms with van der Waals surface area (Å²) < 4.78 is 0. The number of nitrogens with zero attached hydrogens (tertiary/aromatic N) is 1. The summed E-state index contributed by atoms with van der Waals surface area (Å²) in [5.41, 5.74) is 16.6. The van der Waals surface area contributed by atoms with E-state index in [1.165, 1.54) is 98.7 Å². The zero-order valence-corrected chi connectivity index (χ0v) is 33.8. The Morgan fingerprint density at radius 3 is 1.53 bits per heavy atom. The first-order valence-corrected chi connectivity index (χ1v) is 20.9. The molecule has 0 saturated carbocycles. The Labute approximate surface area is 345 Å². The minimum absolute atomic E-state index is 0.0879. The topological polar surface area (TPSA) is 3.24 Å². The predicted molar refractivity (Wildman–Crippen MR) is 252 cm³/mol.